The van der Waals surface area contributed by atoms with Gasteiger partial charge in [-0.15, -0.1) is 0 Å². The number of nitrogens with one attached hydrogen (secondary N) is 1. The van der Waals surface area contributed by atoms with Crippen molar-refractivity contribution in [2.75, 3.05) is 5.75 Å². The van der Waals surface area contributed by atoms with Crippen LogP contribution in [-0.2, 0) is 12.8 Å². The zero-order valence-corrected chi connectivity index (χ0v) is 13.3. The van der Waals surface area contributed by atoms with E-state index in [0.717, 1.165) is 30.1 Å². The fourth-order valence-corrected chi connectivity index (χ4v) is 2.94. The predicted octanol–water partition coefficient (Wildman–Crippen LogP) is 4.26. The molecule has 0 unspecified atom stereocenters. The van der Waals surface area contributed by atoms with Gasteiger partial charge in [-0.25, -0.2) is 4.98 Å². The molecule has 0 saturated heterocycles. The predicted molar refractivity (Wildman–Crippen MR) is 94.6 cm³/mol. The van der Waals surface area contributed by atoms with Crippen LogP contribution < -0.4 is 0 Å². The molecule has 3 heteroatoms. The summed E-state index contributed by atoms with van der Waals surface area (Å²) < 4.78 is 0. The average Bonchev–Trinajstić information content (AvgIpc) is 3.03. The first-order valence-corrected chi connectivity index (χ1v) is 8.21. The Bertz CT molecular complexity index is 692. The molecule has 0 radical (unpaired) electrons. The van der Waals surface area contributed by atoms with Gasteiger partial charge in [-0.2, -0.15) is 12.6 Å². The molecule has 1 atom stereocenters. The first kappa shape index (κ1) is 14.9. The van der Waals surface area contributed by atoms with Crippen molar-refractivity contribution < 1.29 is 0 Å². The lowest BCUT2D eigenvalue weighted by molar-refractivity contribution is 0.720. The fourth-order valence-electron chi connectivity index (χ4n) is 2.64. The van der Waals surface area contributed by atoms with Gasteiger partial charge in [0.1, 0.15) is 5.82 Å². The molecule has 3 rings (SSSR count). The molecule has 2 nitrogen and oxygen atoms in total. The largest absolute Gasteiger partial charge is 0.345 e. The topological polar surface area (TPSA) is 28.7 Å². The van der Waals surface area contributed by atoms with Crippen LogP contribution in [0.4, 0.5) is 0 Å². The van der Waals surface area contributed by atoms with E-state index in [1.165, 1.54) is 11.1 Å². The summed E-state index contributed by atoms with van der Waals surface area (Å²) in [6.45, 7) is 0. The lowest BCUT2D eigenvalue weighted by atomic mass is 10.0. The summed E-state index contributed by atoms with van der Waals surface area (Å²) in [5, 5.41) is 0. The molecule has 112 valence electrons. The highest BCUT2D eigenvalue weighted by molar-refractivity contribution is 7.80. The van der Waals surface area contributed by atoms with Crippen LogP contribution in [0.5, 0.6) is 0 Å². The van der Waals surface area contributed by atoms with Gasteiger partial charge in [0.2, 0.25) is 0 Å². The quantitative estimate of drug-likeness (QED) is 0.655. The van der Waals surface area contributed by atoms with Crippen molar-refractivity contribution in [3.8, 4) is 0 Å². The van der Waals surface area contributed by atoms with E-state index < -0.39 is 0 Å². The summed E-state index contributed by atoms with van der Waals surface area (Å²) in [4.78, 5) is 8.05. The van der Waals surface area contributed by atoms with Crippen molar-refractivity contribution in [3.05, 3.63) is 89.5 Å². The van der Waals surface area contributed by atoms with E-state index in [-0.39, 0.29) is 0 Å². The molecule has 0 spiro atoms. The minimum Gasteiger partial charge on any atom is -0.345 e. The number of imidazole rings is 1. The molecule has 0 bridgehead atoms. The second kappa shape index (κ2) is 7.32. The lowest BCUT2D eigenvalue weighted by Gasteiger charge is -2.11. The third-order valence-electron chi connectivity index (χ3n) is 3.82. The molecule has 0 amide bonds. The Kier molecular flexibility index (Phi) is 4.96. The van der Waals surface area contributed by atoms with E-state index >= 15 is 0 Å². The van der Waals surface area contributed by atoms with Gasteiger partial charge in [-0.05, 0) is 17.5 Å². The minimum atomic E-state index is 0.315. The molecule has 0 aliphatic rings. The zero-order chi connectivity index (χ0) is 15.2. The summed E-state index contributed by atoms with van der Waals surface area (Å²) >= 11 is 4.51. The van der Waals surface area contributed by atoms with E-state index in [9.17, 15) is 0 Å². The van der Waals surface area contributed by atoms with Crippen LogP contribution in [0.3, 0.4) is 0 Å². The Labute approximate surface area is 137 Å². The Hall–Kier alpha value is -2.00. The third-order valence-corrected chi connectivity index (χ3v) is 4.26. The number of thiol groups is 1. The maximum Gasteiger partial charge on any atom is 0.110 e. The maximum absolute atomic E-state index is 4.58. The van der Waals surface area contributed by atoms with Gasteiger partial charge < -0.3 is 4.98 Å². The molecule has 0 aliphatic carbocycles. The normalized spacial score (nSPS) is 12.2. The fraction of sp³-hybridized carbons (Fsp3) is 0.211. The summed E-state index contributed by atoms with van der Waals surface area (Å²) in [5.41, 5.74) is 3.77. The molecule has 2 aromatic carbocycles. The van der Waals surface area contributed by atoms with E-state index in [0.29, 0.717) is 5.92 Å². The average molecular weight is 308 g/mol. The molecule has 3 aromatic rings. The van der Waals surface area contributed by atoms with Crippen molar-refractivity contribution in [3.63, 3.8) is 0 Å². The molecule has 0 saturated carbocycles. The second-order valence-electron chi connectivity index (χ2n) is 5.53. The number of benzene rings is 2. The van der Waals surface area contributed by atoms with Crippen molar-refractivity contribution in [1.29, 1.82) is 0 Å². The summed E-state index contributed by atoms with van der Waals surface area (Å²) in [7, 11) is 0. The molecule has 1 aromatic heterocycles. The van der Waals surface area contributed by atoms with Crippen molar-refractivity contribution in [2.45, 2.75) is 18.8 Å². The first-order chi connectivity index (χ1) is 10.8. The van der Waals surface area contributed by atoms with Crippen molar-refractivity contribution in [2.24, 2.45) is 0 Å². The highest BCUT2D eigenvalue weighted by Gasteiger charge is 2.14. The number of rotatable bonds is 6. The highest BCUT2D eigenvalue weighted by Crippen LogP contribution is 2.20. The molecule has 22 heavy (non-hydrogen) atoms. The second-order valence-corrected chi connectivity index (χ2v) is 5.89. The third kappa shape index (κ3) is 3.80. The van der Waals surface area contributed by atoms with Crippen LogP contribution in [0.15, 0.2) is 66.9 Å². The van der Waals surface area contributed by atoms with Gasteiger partial charge in [0.15, 0.2) is 0 Å². The number of aromatic nitrogens is 2. The van der Waals surface area contributed by atoms with E-state index in [2.05, 4.69) is 71.1 Å². The number of H-pyrrole nitrogens is 1. The van der Waals surface area contributed by atoms with Crippen molar-refractivity contribution in [1.82, 2.24) is 9.97 Å². The number of hydrogen-bond acceptors (Lipinski definition) is 2. The standard InChI is InChI=1S/C19H20N2S/c22-14-17(11-15-7-3-1-4-8-15)19-20-13-18(21-19)12-16-9-5-2-6-10-16/h1-10,13,17,22H,11-12,14H2,(H,20,21)/t17-/m1/s1. The lowest BCUT2D eigenvalue weighted by Crippen LogP contribution is -2.07. The highest BCUT2D eigenvalue weighted by atomic mass is 32.1. The zero-order valence-electron chi connectivity index (χ0n) is 12.4. The smallest absolute Gasteiger partial charge is 0.110 e. The van der Waals surface area contributed by atoms with Crippen LogP contribution in [0.25, 0.3) is 0 Å². The Balaban J connectivity index is 1.71. The van der Waals surface area contributed by atoms with Crippen LogP contribution in [0, 0.1) is 0 Å². The SMILES string of the molecule is SC[C@@H](Cc1ccccc1)c1ncc(Cc2ccccc2)[nH]1. The molecular formula is C19H20N2S. The number of nitrogens with zero attached hydrogens (tertiary/aromatic N) is 1. The van der Waals surface area contributed by atoms with Crippen LogP contribution >= 0.6 is 12.6 Å². The molecule has 0 aliphatic heterocycles. The van der Waals surface area contributed by atoms with Crippen LogP contribution in [0.1, 0.15) is 28.6 Å². The Morgan fingerprint density at radius 3 is 2.18 bits per heavy atom. The Morgan fingerprint density at radius 1 is 0.909 bits per heavy atom. The van der Waals surface area contributed by atoms with E-state index in [1.54, 1.807) is 0 Å². The van der Waals surface area contributed by atoms with E-state index in [1.807, 2.05) is 18.3 Å². The molecule has 1 heterocycles. The number of aromatic amines is 1. The molecule has 0 fully saturated rings. The molecule has 1 N–H and O–H groups in total. The van der Waals surface area contributed by atoms with Gasteiger partial charge in [-0.3, -0.25) is 0 Å². The van der Waals surface area contributed by atoms with Crippen LogP contribution in [0.2, 0.25) is 0 Å². The van der Waals surface area contributed by atoms with Gasteiger partial charge in [0.05, 0.1) is 0 Å². The van der Waals surface area contributed by atoms with Crippen LogP contribution in [-0.4, -0.2) is 15.7 Å². The Morgan fingerprint density at radius 2 is 1.55 bits per heavy atom. The van der Waals surface area contributed by atoms with E-state index in [4.69, 9.17) is 0 Å². The maximum atomic E-state index is 4.58. The first-order valence-electron chi connectivity index (χ1n) is 7.57. The summed E-state index contributed by atoms with van der Waals surface area (Å²) in [5.74, 6) is 2.13. The molecular weight excluding hydrogens is 288 g/mol. The van der Waals surface area contributed by atoms with Gasteiger partial charge in [0, 0.05) is 30.0 Å². The monoisotopic (exact) mass is 308 g/mol. The van der Waals surface area contributed by atoms with Gasteiger partial charge >= 0.3 is 0 Å². The minimum absolute atomic E-state index is 0.315. The number of hydrogen-bond donors (Lipinski definition) is 2. The van der Waals surface area contributed by atoms with Gasteiger partial charge in [0.25, 0.3) is 0 Å². The summed E-state index contributed by atoms with van der Waals surface area (Å²) in [6, 6.07) is 21.0. The van der Waals surface area contributed by atoms with Gasteiger partial charge in [-0.1, -0.05) is 60.7 Å². The summed E-state index contributed by atoms with van der Waals surface area (Å²) in [6.07, 6.45) is 3.80. The van der Waals surface area contributed by atoms with Crippen molar-refractivity contribution >= 4 is 12.6 Å².